The number of halogens is 12. The second kappa shape index (κ2) is 55.2. The van der Waals surface area contributed by atoms with E-state index in [2.05, 4.69) is 0 Å². The molecule has 8 atom stereocenters. The summed E-state index contributed by atoms with van der Waals surface area (Å²) in [6, 6.07) is 0. The summed E-state index contributed by atoms with van der Waals surface area (Å²) in [5.74, 6) is 0. The van der Waals surface area contributed by atoms with Crippen LogP contribution < -0.4 is 97.3 Å². The van der Waals surface area contributed by atoms with Gasteiger partial charge in [0.15, 0.2) is 0 Å². The molecule has 25 heteroatoms. The smallest absolute Gasteiger partial charge is 1.00 e. The van der Waals surface area contributed by atoms with Gasteiger partial charge in [-0.05, 0) is 0 Å². The van der Waals surface area contributed by atoms with Crippen LogP contribution in [0.4, 0.5) is 0 Å². The van der Waals surface area contributed by atoms with E-state index in [1.807, 2.05) is 166 Å². The number of rotatable bonds is 8. The molecule has 0 amide bonds. The molecule has 0 aliphatic carbocycles. The van der Waals surface area contributed by atoms with Gasteiger partial charge in [-0.15, -0.1) is 48.8 Å². The zero-order chi connectivity index (χ0) is 43.4. The molecule has 416 valence electrons. The molecule has 0 saturated carbocycles. The van der Waals surface area contributed by atoms with Gasteiger partial charge in [0.05, 0.1) is 0 Å². The van der Waals surface area contributed by atoms with Gasteiger partial charge in [0.1, 0.15) is 0 Å². The van der Waals surface area contributed by atoms with Crippen LogP contribution >= 0.6 is 0 Å². The summed E-state index contributed by atoms with van der Waals surface area (Å²) < 4.78 is 0. The van der Waals surface area contributed by atoms with Gasteiger partial charge in [-0.2, -0.15) is 0 Å². The molecule has 0 aromatic heterocycles. The topological polar surface area (TPSA) is 184 Å². The minimum Gasteiger partial charge on any atom is -1.00 e. The van der Waals surface area contributed by atoms with Crippen molar-refractivity contribution in [1.29, 1.82) is 0 Å². The summed E-state index contributed by atoms with van der Waals surface area (Å²) in [5.41, 5.74) is -2.38. The van der Waals surface area contributed by atoms with E-state index < -0.39 is 48.8 Å². The molecule has 0 saturated heterocycles. The van der Waals surface area contributed by atoms with Crippen LogP contribution in [0.2, 0.25) is 0 Å². The minimum atomic E-state index is -0.755. The monoisotopic (exact) mass is 1210 g/mol. The Balaban J connectivity index is -0.0000000217. The van der Waals surface area contributed by atoms with Crippen LogP contribution in [0.3, 0.4) is 0 Å². The van der Waals surface area contributed by atoms with Crippen molar-refractivity contribution >= 4 is 0 Å². The Morgan fingerprint density at radius 3 is 0.246 bits per heavy atom. The molecular weight excluding hydrogens is 1120 g/mol. The van der Waals surface area contributed by atoms with E-state index in [1.165, 1.54) is 0 Å². The van der Waals surface area contributed by atoms with Crippen molar-refractivity contribution in [1.82, 2.24) is 0 Å². The molecule has 8 unspecified atom stereocenters. The molecule has 0 radical (unpaired) electrons. The van der Waals surface area contributed by atoms with E-state index in [4.69, 9.17) is 0 Å². The normalized spacial score (nSPS) is 13.9. The van der Waals surface area contributed by atoms with Crippen LogP contribution in [0.15, 0.2) is 0 Å². The quantitative estimate of drug-likeness (QED) is 0.170. The van der Waals surface area contributed by atoms with Crippen LogP contribution in [-0.4, -0.2) is 48.8 Å². The van der Waals surface area contributed by atoms with E-state index in [0.29, 0.717) is 0 Å². The third-order valence-electron chi connectivity index (χ3n) is 9.44. The van der Waals surface area contributed by atoms with Gasteiger partial charge >= 0.3 is 109 Å². The van der Waals surface area contributed by atoms with Crippen LogP contribution in [0.5, 0.6) is 0 Å². The van der Waals surface area contributed by atoms with Crippen LogP contribution in [0.1, 0.15) is 192 Å². The van der Waals surface area contributed by atoms with Gasteiger partial charge in [0.25, 0.3) is 0 Å². The maximum absolute atomic E-state index is 11.6. The average molecular weight is 1210 g/mol. The third-order valence-corrected chi connectivity index (χ3v) is 9.44. The van der Waals surface area contributed by atoms with E-state index >= 15 is 0 Å². The molecule has 69 heavy (non-hydrogen) atoms. The molecule has 0 aliphatic rings. The second-order valence-corrected chi connectivity index (χ2v) is 23.8. The van der Waals surface area contributed by atoms with Crippen molar-refractivity contribution in [3.05, 3.63) is 0 Å². The first-order valence-corrected chi connectivity index (χ1v) is 19.5. The van der Waals surface area contributed by atoms with Gasteiger partial charge < -0.3 is 97.3 Å². The molecule has 8 nitrogen and oxygen atoms in total. The fourth-order valence-electron chi connectivity index (χ4n) is 3.61. The van der Waals surface area contributed by atoms with Gasteiger partial charge in [0, 0.05) is 0 Å². The van der Waals surface area contributed by atoms with Crippen LogP contribution in [0.25, 0.3) is 0 Å². The van der Waals surface area contributed by atoms with Crippen molar-refractivity contribution in [3.8, 4) is 0 Å². The summed E-state index contributed by atoms with van der Waals surface area (Å²) in [6.45, 7) is 45.3. The van der Waals surface area contributed by atoms with E-state index in [-0.39, 0.29) is 234 Å². The van der Waals surface area contributed by atoms with E-state index in [1.54, 1.807) is 0 Å². The van der Waals surface area contributed by atoms with Crippen molar-refractivity contribution in [2.45, 2.75) is 241 Å². The van der Waals surface area contributed by atoms with E-state index in [0.717, 1.165) is 0 Å². The predicted molar refractivity (Wildman–Crippen MR) is 204 cm³/mol. The Hall–Kier alpha value is 2.41. The fraction of sp³-hybridized carbons (Fsp3) is 1.00. The summed E-state index contributed by atoms with van der Waals surface area (Å²) in [5, 5.41) is 92.8. The molecule has 0 spiro atoms. The first kappa shape index (κ1) is 139. The Kier molecular flexibility index (Phi) is 111. The average Bonchev–Trinajstić information content (AvgIpc) is 2.85. The standard InChI is InChI=1S/4C11H22O2.12FH.5Ti/c4*1-10(2,3)8(12)7-9(13)11(4,5)6;;;;;;;;;;;;;;;;;/h4*8-9H,7H2,1-6H3;12*1H;;;;;/q4*-2;;;;;;;;;;;;;5*+4/p-12. The Morgan fingerprint density at radius 1 is 0.174 bits per heavy atom. The molecule has 0 fully saturated rings. The second-order valence-electron chi connectivity index (χ2n) is 23.8. The van der Waals surface area contributed by atoms with Crippen LogP contribution in [0, 0.1) is 43.3 Å². The number of hydrogen-bond acceptors (Lipinski definition) is 8. The summed E-state index contributed by atoms with van der Waals surface area (Å²) >= 11 is 0. The van der Waals surface area contributed by atoms with Crippen molar-refractivity contribution in [2.24, 2.45) is 43.3 Å². The van der Waals surface area contributed by atoms with Crippen molar-refractivity contribution < 1.29 is 206 Å². The van der Waals surface area contributed by atoms with Gasteiger partial charge in [0.2, 0.25) is 0 Å². The number of hydrogen-bond donors (Lipinski definition) is 0. The molecule has 0 heterocycles. The summed E-state index contributed by atoms with van der Waals surface area (Å²) in [7, 11) is 0. The summed E-state index contributed by atoms with van der Waals surface area (Å²) in [6.07, 6.45) is -5.13. The molecule has 0 aliphatic heterocycles. The molecule has 0 rings (SSSR count). The Labute approximate surface area is 486 Å². The SMILES string of the molecule is CC(C)(C)C([O-])CC([O-])C(C)(C)C.CC(C)(C)C([O-])CC([O-])C(C)(C)C.CC(C)(C)C([O-])CC([O-])C(C)(C)C.CC(C)(C)C([O-])CC([O-])C(C)(C)C.[F-].[F-].[F-].[F-].[F-].[F-].[F-].[F-].[F-].[F-].[F-].[F-].[Ti+4].[Ti+4].[Ti+4].[Ti+4].[Ti+4]. The van der Waals surface area contributed by atoms with E-state index in [9.17, 15) is 40.9 Å². The molecule has 0 aromatic rings. The van der Waals surface area contributed by atoms with Crippen LogP contribution in [-0.2, 0) is 109 Å². The summed E-state index contributed by atoms with van der Waals surface area (Å²) in [4.78, 5) is 0. The first-order chi connectivity index (χ1) is 22.2. The maximum Gasteiger partial charge on any atom is 4.00 e. The Bertz CT molecular complexity index is 752. The predicted octanol–water partition coefficient (Wildman–Crippen LogP) is -32.3. The van der Waals surface area contributed by atoms with Gasteiger partial charge in [-0.1, -0.05) is 235 Å². The zero-order valence-corrected chi connectivity index (χ0v) is 53.6. The van der Waals surface area contributed by atoms with Gasteiger partial charge in [-0.3, -0.25) is 0 Å². The maximum atomic E-state index is 11.6. The molecular formula is C44H88F12O8Ti5. The van der Waals surface area contributed by atoms with Gasteiger partial charge in [-0.25, -0.2) is 0 Å². The Morgan fingerprint density at radius 2 is 0.217 bits per heavy atom. The first-order valence-electron chi connectivity index (χ1n) is 19.5. The molecule has 0 aromatic carbocycles. The molecule has 0 N–H and O–H groups in total. The van der Waals surface area contributed by atoms with Crippen molar-refractivity contribution in [3.63, 3.8) is 0 Å². The largest absolute Gasteiger partial charge is 4.00 e. The fourth-order valence-corrected chi connectivity index (χ4v) is 3.61. The molecule has 0 bridgehead atoms. The third kappa shape index (κ3) is 74.7. The minimum absolute atomic E-state index is 0. The van der Waals surface area contributed by atoms with Crippen molar-refractivity contribution in [2.75, 3.05) is 0 Å². The zero-order valence-electron chi connectivity index (χ0n) is 45.7.